The van der Waals surface area contributed by atoms with Crippen molar-refractivity contribution in [1.29, 1.82) is 0 Å². The Morgan fingerprint density at radius 1 is 1.43 bits per heavy atom. The minimum absolute atomic E-state index is 0.0437. The molecule has 0 saturated heterocycles. The maximum Gasteiger partial charge on any atom is 0.343 e. The van der Waals surface area contributed by atoms with E-state index in [1.54, 1.807) is 13.0 Å². The molecule has 0 unspecified atom stereocenters. The van der Waals surface area contributed by atoms with Crippen molar-refractivity contribution >= 4 is 17.5 Å². The number of rotatable bonds is 3. The zero-order valence-electron chi connectivity index (χ0n) is 11.4. The molecule has 8 nitrogen and oxygen atoms in total. The standard InChI is InChI=1S/C13H12N4O4/c1-7-3-4-8(17(19)20)5-9(7)12-15-6-10(11(14)16-12)13(18)21-2/h3-6H,1-2H3,(H2,14,15,16). The number of nitrogens with two attached hydrogens (primary N) is 1. The molecule has 8 heteroatoms. The van der Waals surface area contributed by atoms with Gasteiger partial charge in [-0.3, -0.25) is 10.1 Å². The van der Waals surface area contributed by atoms with Gasteiger partial charge < -0.3 is 10.5 Å². The first-order valence-electron chi connectivity index (χ1n) is 5.90. The maximum absolute atomic E-state index is 11.4. The highest BCUT2D eigenvalue weighted by Crippen LogP contribution is 2.26. The van der Waals surface area contributed by atoms with Crippen molar-refractivity contribution in [2.24, 2.45) is 0 Å². The third-order valence-electron chi connectivity index (χ3n) is 2.90. The Balaban J connectivity index is 2.52. The Bertz CT molecular complexity index is 730. The number of anilines is 1. The second-order valence-corrected chi connectivity index (χ2v) is 4.24. The highest BCUT2D eigenvalue weighted by molar-refractivity contribution is 5.93. The molecule has 0 radical (unpaired) electrons. The number of aromatic nitrogens is 2. The van der Waals surface area contributed by atoms with Gasteiger partial charge in [0.1, 0.15) is 11.4 Å². The van der Waals surface area contributed by atoms with E-state index in [0.29, 0.717) is 5.56 Å². The number of non-ortho nitro benzene ring substituents is 1. The number of carbonyl (C=O) groups excluding carboxylic acids is 1. The summed E-state index contributed by atoms with van der Waals surface area (Å²) in [5.41, 5.74) is 6.90. The van der Waals surface area contributed by atoms with Gasteiger partial charge in [-0.2, -0.15) is 0 Å². The first-order valence-corrected chi connectivity index (χ1v) is 5.90. The monoisotopic (exact) mass is 288 g/mol. The number of aryl methyl sites for hydroxylation is 1. The minimum atomic E-state index is -0.644. The molecule has 0 saturated carbocycles. The van der Waals surface area contributed by atoms with E-state index in [1.165, 1.54) is 25.4 Å². The summed E-state index contributed by atoms with van der Waals surface area (Å²) in [5.74, 6) is -0.478. The third kappa shape index (κ3) is 2.78. The van der Waals surface area contributed by atoms with Crippen LogP contribution in [0.1, 0.15) is 15.9 Å². The van der Waals surface area contributed by atoms with Gasteiger partial charge in [0.15, 0.2) is 5.82 Å². The Hall–Kier alpha value is -3.03. The molecular formula is C13H12N4O4. The number of nitro benzene ring substituents is 1. The Labute approximate surface area is 119 Å². The van der Waals surface area contributed by atoms with Crippen LogP contribution >= 0.6 is 0 Å². The maximum atomic E-state index is 11.4. The van der Waals surface area contributed by atoms with Gasteiger partial charge in [0.25, 0.3) is 5.69 Å². The van der Waals surface area contributed by atoms with E-state index >= 15 is 0 Å². The van der Waals surface area contributed by atoms with Crippen LogP contribution in [0.3, 0.4) is 0 Å². The van der Waals surface area contributed by atoms with Crippen molar-refractivity contribution in [3.05, 3.63) is 45.6 Å². The fourth-order valence-electron chi connectivity index (χ4n) is 1.76. The molecule has 1 aromatic heterocycles. The lowest BCUT2D eigenvalue weighted by Gasteiger charge is -2.07. The molecule has 2 N–H and O–H groups in total. The summed E-state index contributed by atoms with van der Waals surface area (Å²) >= 11 is 0. The lowest BCUT2D eigenvalue weighted by atomic mass is 10.1. The summed E-state index contributed by atoms with van der Waals surface area (Å²) in [6, 6.07) is 4.36. The first kappa shape index (κ1) is 14.4. The molecule has 0 fully saturated rings. The number of nitrogen functional groups attached to an aromatic ring is 1. The van der Waals surface area contributed by atoms with Crippen molar-refractivity contribution in [3.8, 4) is 11.4 Å². The van der Waals surface area contributed by atoms with Gasteiger partial charge in [0.2, 0.25) is 0 Å². The van der Waals surface area contributed by atoms with E-state index < -0.39 is 10.9 Å². The van der Waals surface area contributed by atoms with Gasteiger partial charge in [0, 0.05) is 23.9 Å². The summed E-state index contributed by atoms with van der Waals surface area (Å²) in [7, 11) is 1.22. The van der Waals surface area contributed by atoms with Gasteiger partial charge in [-0.25, -0.2) is 14.8 Å². The second-order valence-electron chi connectivity index (χ2n) is 4.24. The van der Waals surface area contributed by atoms with Crippen LogP contribution in [0, 0.1) is 17.0 Å². The fraction of sp³-hybridized carbons (Fsp3) is 0.154. The van der Waals surface area contributed by atoms with E-state index in [4.69, 9.17) is 5.73 Å². The molecule has 0 amide bonds. The van der Waals surface area contributed by atoms with Crippen LogP contribution in [0.4, 0.5) is 11.5 Å². The SMILES string of the molecule is COC(=O)c1cnc(-c2cc([N+](=O)[O-])ccc2C)nc1N. The summed E-state index contributed by atoms with van der Waals surface area (Å²) in [4.78, 5) is 29.8. The quantitative estimate of drug-likeness (QED) is 0.518. The number of hydrogen-bond acceptors (Lipinski definition) is 7. The zero-order chi connectivity index (χ0) is 15.6. The van der Waals surface area contributed by atoms with E-state index in [0.717, 1.165) is 5.56 Å². The molecule has 0 bridgehead atoms. The zero-order valence-corrected chi connectivity index (χ0v) is 11.4. The van der Waals surface area contributed by atoms with Crippen LogP contribution in [-0.4, -0.2) is 28.0 Å². The topological polar surface area (TPSA) is 121 Å². The summed E-state index contributed by atoms with van der Waals surface area (Å²) < 4.78 is 4.55. The molecule has 0 spiro atoms. The largest absolute Gasteiger partial charge is 0.465 e. The van der Waals surface area contributed by atoms with Crippen LogP contribution in [0.15, 0.2) is 24.4 Å². The molecule has 0 aliphatic rings. The van der Waals surface area contributed by atoms with Crippen molar-refractivity contribution in [2.75, 3.05) is 12.8 Å². The average molecular weight is 288 g/mol. The van der Waals surface area contributed by atoms with E-state index in [9.17, 15) is 14.9 Å². The summed E-state index contributed by atoms with van der Waals surface area (Å²) in [6.07, 6.45) is 1.24. The normalized spacial score (nSPS) is 10.2. The number of nitro groups is 1. The van der Waals surface area contributed by atoms with Gasteiger partial charge in [-0.15, -0.1) is 0 Å². The minimum Gasteiger partial charge on any atom is -0.465 e. The van der Waals surface area contributed by atoms with E-state index in [1.807, 2.05) is 0 Å². The number of benzene rings is 1. The molecule has 2 aromatic rings. The highest BCUT2D eigenvalue weighted by Gasteiger charge is 2.16. The van der Waals surface area contributed by atoms with Crippen molar-refractivity contribution in [2.45, 2.75) is 6.92 Å². The van der Waals surface area contributed by atoms with Gasteiger partial charge >= 0.3 is 5.97 Å². The summed E-state index contributed by atoms with van der Waals surface area (Å²) in [5, 5.41) is 10.8. The Morgan fingerprint density at radius 3 is 2.71 bits per heavy atom. The van der Waals surface area contributed by atoms with Crippen molar-refractivity contribution in [1.82, 2.24) is 9.97 Å². The molecule has 0 atom stereocenters. The van der Waals surface area contributed by atoms with E-state index in [-0.39, 0.29) is 22.9 Å². The number of hydrogen-bond donors (Lipinski definition) is 1. The predicted molar refractivity (Wildman–Crippen MR) is 74.6 cm³/mol. The predicted octanol–water partition coefficient (Wildman–Crippen LogP) is 1.73. The molecule has 1 aromatic carbocycles. The van der Waals surface area contributed by atoms with Gasteiger partial charge in [-0.05, 0) is 12.5 Å². The molecule has 1 heterocycles. The number of ether oxygens (including phenoxy) is 1. The van der Waals surface area contributed by atoms with Crippen LogP contribution < -0.4 is 5.73 Å². The molecular weight excluding hydrogens is 276 g/mol. The first-order chi connectivity index (χ1) is 9.93. The van der Waals surface area contributed by atoms with Crippen LogP contribution in [-0.2, 0) is 4.74 Å². The molecule has 21 heavy (non-hydrogen) atoms. The Morgan fingerprint density at radius 2 is 2.14 bits per heavy atom. The molecule has 2 rings (SSSR count). The number of methoxy groups -OCH3 is 1. The second kappa shape index (κ2) is 5.53. The molecule has 0 aliphatic heterocycles. The Kier molecular flexibility index (Phi) is 3.79. The van der Waals surface area contributed by atoms with E-state index in [2.05, 4.69) is 14.7 Å². The van der Waals surface area contributed by atoms with Crippen LogP contribution in [0.25, 0.3) is 11.4 Å². The number of carbonyl (C=O) groups is 1. The van der Waals surface area contributed by atoms with Gasteiger partial charge in [-0.1, -0.05) is 6.07 Å². The third-order valence-corrected chi connectivity index (χ3v) is 2.90. The molecule has 0 aliphatic carbocycles. The lowest BCUT2D eigenvalue weighted by Crippen LogP contribution is -2.09. The van der Waals surface area contributed by atoms with Crippen molar-refractivity contribution < 1.29 is 14.5 Å². The number of nitrogens with zero attached hydrogens (tertiary/aromatic N) is 3. The lowest BCUT2D eigenvalue weighted by molar-refractivity contribution is -0.384. The van der Waals surface area contributed by atoms with Gasteiger partial charge in [0.05, 0.1) is 12.0 Å². The highest BCUT2D eigenvalue weighted by atomic mass is 16.6. The van der Waals surface area contributed by atoms with Crippen LogP contribution in [0.5, 0.6) is 0 Å². The van der Waals surface area contributed by atoms with Crippen LogP contribution in [0.2, 0.25) is 0 Å². The van der Waals surface area contributed by atoms with Crippen molar-refractivity contribution in [3.63, 3.8) is 0 Å². The molecule has 108 valence electrons. The summed E-state index contributed by atoms with van der Waals surface area (Å²) in [6.45, 7) is 1.77. The average Bonchev–Trinajstić information content (AvgIpc) is 2.46. The fourth-order valence-corrected chi connectivity index (χ4v) is 1.76. The number of esters is 1. The smallest absolute Gasteiger partial charge is 0.343 e.